The number of carbonyl (C=O) groups excluding carboxylic acids is 2. The van der Waals surface area contributed by atoms with Gasteiger partial charge in [-0.1, -0.05) is 18.2 Å². The van der Waals surface area contributed by atoms with Crippen LogP contribution in [0.4, 0.5) is 0 Å². The second kappa shape index (κ2) is 3.38. The smallest absolute Gasteiger partial charge is 0.251 e. The van der Waals surface area contributed by atoms with E-state index in [0.717, 1.165) is 16.3 Å². The number of rotatable bonds is 0. The molecule has 1 aliphatic heterocycles. The average molecular weight is 248 g/mol. The van der Waals surface area contributed by atoms with E-state index in [1.165, 1.54) is 6.08 Å². The van der Waals surface area contributed by atoms with E-state index < -0.39 is 11.6 Å². The van der Waals surface area contributed by atoms with Gasteiger partial charge < -0.3 is 4.57 Å². The van der Waals surface area contributed by atoms with Gasteiger partial charge in [0.25, 0.3) is 5.78 Å². The Bertz CT molecular complexity index is 903. The zero-order chi connectivity index (χ0) is 13.0. The number of allylic oxidation sites excluding steroid dienone is 1. The highest BCUT2D eigenvalue weighted by Crippen LogP contribution is 2.26. The first kappa shape index (κ1) is 10.2. The molecule has 0 fully saturated rings. The monoisotopic (exact) mass is 248 g/mol. The van der Waals surface area contributed by atoms with Crippen LogP contribution in [0.2, 0.25) is 0 Å². The molecule has 90 valence electrons. The number of hydrogen-bond acceptors (Lipinski definition) is 3. The first-order chi connectivity index (χ1) is 9.24. The summed E-state index contributed by atoms with van der Waals surface area (Å²) < 4.78 is 1.67. The summed E-state index contributed by atoms with van der Waals surface area (Å²) in [5.41, 5.74) is 1.76. The number of carbonyl (C=O) groups is 2. The van der Waals surface area contributed by atoms with Crippen LogP contribution in [-0.2, 0) is 4.79 Å². The highest BCUT2D eigenvalue weighted by atomic mass is 16.2. The van der Waals surface area contributed by atoms with Crippen LogP contribution in [0.25, 0.3) is 28.0 Å². The molecule has 4 rings (SSSR count). The molecule has 0 unspecified atom stereocenters. The lowest BCUT2D eigenvalue weighted by Gasteiger charge is -2.06. The predicted molar refractivity (Wildman–Crippen MR) is 71.9 cm³/mol. The van der Waals surface area contributed by atoms with Crippen LogP contribution in [0.5, 0.6) is 0 Å². The molecule has 0 atom stereocenters. The second-order valence-corrected chi connectivity index (χ2v) is 4.51. The van der Waals surface area contributed by atoms with Crippen LogP contribution < -0.4 is 0 Å². The number of nitrogens with zero attached hydrogens (tertiary/aromatic N) is 2. The number of aromatic nitrogens is 2. The quantitative estimate of drug-likeness (QED) is 0.574. The fourth-order valence-corrected chi connectivity index (χ4v) is 2.44. The van der Waals surface area contributed by atoms with Crippen molar-refractivity contribution in [3.05, 3.63) is 48.3 Å². The molecule has 3 aromatic rings. The van der Waals surface area contributed by atoms with E-state index in [9.17, 15) is 9.59 Å². The zero-order valence-corrected chi connectivity index (χ0v) is 9.83. The van der Waals surface area contributed by atoms with Crippen LogP contribution in [-0.4, -0.2) is 21.1 Å². The number of hydrogen-bond donors (Lipinski definition) is 0. The van der Waals surface area contributed by atoms with Crippen molar-refractivity contribution in [1.82, 2.24) is 9.55 Å². The first-order valence-corrected chi connectivity index (χ1v) is 5.91. The van der Waals surface area contributed by atoms with E-state index >= 15 is 0 Å². The maximum atomic E-state index is 12.0. The Morgan fingerprint density at radius 3 is 2.79 bits per heavy atom. The van der Waals surface area contributed by atoms with Crippen LogP contribution in [0.3, 0.4) is 0 Å². The molecule has 4 nitrogen and oxygen atoms in total. The third kappa shape index (κ3) is 1.31. The molecule has 0 saturated heterocycles. The van der Waals surface area contributed by atoms with Gasteiger partial charge in [-0.2, -0.15) is 0 Å². The summed E-state index contributed by atoms with van der Waals surface area (Å²) in [4.78, 5) is 28.0. The molecular formula is C15H8N2O2. The third-order valence-electron chi connectivity index (χ3n) is 3.34. The number of fused-ring (bicyclic) bond motifs is 4. The number of Topliss-reactive ketones (excluding diaryl/α,β-unsaturated/α-hetero) is 1. The van der Waals surface area contributed by atoms with E-state index in [0.29, 0.717) is 11.2 Å². The van der Waals surface area contributed by atoms with Gasteiger partial charge in [-0.05, 0) is 12.1 Å². The van der Waals surface area contributed by atoms with Crippen LogP contribution >= 0.6 is 0 Å². The highest BCUT2D eigenvalue weighted by Gasteiger charge is 2.25. The molecule has 0 aliphatic carbocycles. The Morgan fingerprint density at radius 2 is 1.89 bits per heavy atom. The minimum absolute atomic E-state index is 0.355. The molecule has 0 saturated carbocycles. The van der Waals surface area contributed by atoms with Gasteiger partial charge in [-0.3, -0.25) is 9.59 Å². The van der Waals surface area contributed by atoms with E-state index in [1.807, 2.05) is 36.5 Å². The Kier molecular flexibility index (Phi) is 1.82. The zero-order valence-electron chi connectivity index (χ0n) is 9.83. The Morgan fingerprint density at radius 1 is 1.05 bits per heavy atom. The summed E-state index contributed by atoms with van der Waals surface area (Å²) in [6.45, 7) is 0. The number of para-hydroxylation sites is 1. The molecule has 0 radical (unpaired) electrons. The Labute approximate surface area is 108 Å². The van der Waals surface area contributed by atoms with Crippen molar-refractivity contribution in [3.8, 4) is 0 Å². The van der Waals surface area contributed by atoms with Crippen LogP contribution in [0.1, 0.15) is 10.5 Å². The summed E-state index contributed by atoms with van der Waals surface area (Å²) in [6, 6.07) is 9.69. The third-order valence-corrected chi connectivity index (χ3v) is 3.34. The lowest BCUT2D eigenvalue weighted by molar-refractivity contribution is -0.111. The standard InChI is InChI=1S/C15H8N2O2/c18-12-5-6-17-8-10-7-9-3-1-2-4-11(9)16-13(10)14(17)15(12)19/h1-8H. The van der Waals surface area contributed by atoms with Gasteiger partial charge in [0, 0.05) is 29.2 Å². The van der Waals surface area contributed by atoms with Crippen molar-refractivity contribution in [2.75, 3.05) is 0 Å². The SMILES string of the molecule is O=C1C=Cn2cc3cc4ccccc4nc3c2C1=O. The molecule has 19 heavy (non-hydrogen) atoms. The molecule has 0 bridgehead atoms. The van der Waals surface area contributed by atoms with Gasteiger partial charge in [0.05, 0.1) is 5.52 Å². The van der Waals surface area contributed by atoms with E-state index in [-0.39, 0.29) is 0 Å². The van der Waals surface area contributed by atoms with Gasteiger partial charge in [0.1, 0.15) is 11.2 Å². The molecule has 4 heteroatoms. The van der Waals surface area contributed by atoms with Gasteiger partial charge in [-0.25, -0.2) is 4.98 Å². The minimum atomic E-state index is -0.500. The summed E-state index contributed by atoms with van der Waals surface area (Å²) in [7, 11) is 0. The van der Waals surface area contributed by atoms with Gasteiger partial charge in [-0.15, -0.1) is 0 Å². The van der Waals surface area contributed by atoms with Gasteiger partial charge in [0.15, 0.2) is 0 Å². The Balaban J connectivity index is 2.17. The molecule has 0 amide bonds. The van der Waals surface area contributed by atoms with Crippen molar-refractivity contribution in [2.45, 2.75) is 0 Å². The summed E-state index contributed by atoms with van der Waals surface area (Å²) in [5.74, 6) is -0.997. The van der Waals surface area contributed by atoms with E-state index in [4.69, 9.17) is 0 Å². The predicted octanol–water partition coefficient (Wildman–Crippen LogP) is 2.43. The van der Waals surface area contributed by atoms with Gasteiger partial charge >= 0.3 is 0 Å². The number of ketones is 2. The van der Waals surface area contributed by atoms with Crippen molar-refractivity contribution in [3.63, 3.8) is 0 Å². The normalized spacial score (nSPS) is 14.3. The summed E-state index contributed by atoms with van der Waals surface area (Å²) in [6.07, 6.45) is 4.71. The molecular weight excluding hydrogens is 240 g/mol. The fraction of sp³-hybridized carbons (Fsp3) is 0. The van der Waals surface area contributed by atoms with Crippen LogP contribution in [0, 0.1) is 0 Å². The minimum Gasteiger partial charge on any atom is -0.318 e. The maximum absolute atomic E-state index is 12.0. The van der Waals surface area contributed by atoms with Crippen molar-refractivity contribution < 1.29 is 9.59 Å². The van der Waals surface area contributed by atoms with Gasteiger partial charge in [0.2, 0.25) is 5.78 Å². The fourth-order valence-electron chi connectivity index (χ4n) is 2.44. The molecule has 1 aliphatic rings. The number of benzene rings is 1. The first-order valence-electron chi connectivity index (χ1n) is 5.91. The molecule has 2 aromatic heterocycles. The molecule has 0 spiro atoms. The van der Waals surface area contributed by atoms with E-state index in [1.54, 1.807) is 10.8 Å². The van der Waals surface area contributed by atoms with Crippen molar-refractivity contribution in [1.29, 1.82) is 0 Å². The van der Waals surface area contributed by atoms with Crippen molar-refractivity contribution in [2.24, 2.45) is 0 Å². The summed E-state index contributed by atoms with van der Waals surface area (Å²) >= 11 is 0. The van der Waals surface area contributed by atoms with Crippen LogP contribution in [0.15, 0.2) is 42.6 Å². The lowest BCUT2D eigenvalue weighted by Crippen LogP contribution is -2.19. The average Bonchev–Trinajstić information content (AvgIpc) is 2.78. The highest BCUT2D eigenvalue weighted by molar-refractivity contribution is 6.50. The number of pyridine rings is 1. The summed E-state index contributed by atoms with van der Waals surface area (Å²) in [5, 5.41) is 1.88. The molecule has 1 aromatic carbocycles. The van der Waals surface area contributed by atoms with Crippen molar-refractivity contribution >= 4 is 39.6 Å². The second-order valence-electron chi connectivity index (χ2n) is 4.51. The maximum Gasteiger partial charge on any atom is 0.251 e. The molecule has 0 N–H and O–H groups in total. The Hall–Kier alpha value is -2.75. The largest absolute Gasteiger partial charge is 0.318 e. The van der Waals surface area contributed by atoms with E-state index in [2.05, 4.69) is 4.98 Å². The lowest BCUT2D eigenvalue weighted by atomic mass is 10.1. The molecule has 3 heterocycles. The topological polar surface area (TPSA) is 52.0 Å².